The highest BCUT2D eigenvalue weighted by molar-refractivity contribution is 7.19. The van der Waals surface area contributed by atoms with Crippen LogP contribution in [0.15, 0.2) is 35.3 Å². The lowest BCUT2D eigenvalue weighted by Gasteiger charge is -2.15. The van der Waals surface area contributed by atoms with Gasteiger partial charge in [0.1, 0.15) is 12.2 Å². The number of aliphatic hydroxyl groups is 1. The third kappa shape index (κ3) is 5.94. The van der Waals surface area contributed by atoms with Gasteiger partial charge >= 0.3 is 5.97 Å². The van der Waals surface area contributed by atoms with Crippen molar-refractivity contribution in [1.82, 2.24) is 10.6 Å². The Balaban J connectivity index is 1.35. The number of carbonyl (C=O) groups is 1. The highest BCUT2D eigenvalue weighted by Gasteiger charge is 2.18. The van der Waals surface area contributed by atoms with Crippen LogP contribution in [0.4, 0.5) is 0 Å². The van der Waals surface area contributed by atoms with Crippen LogP contribution >= 0.6 is 11.3 Å². The van der Waals surface area contributed by atoms with Gasteiger partial charge in [0.2, 0.25) is 0 Å². The molecule has 0 saturated heterocycles. The zero-order chi connectivity index (χ0) is 19.8. The van der Waals surface area contributed by atoms with Gasteiger partial charge in [-0.15, -0.1) is 11.3 Å². The van der Waals surface area contributed by atoms with E-state index in [9.17, 15) is 9.90 Å². The molecule has 0 bridgehead atoms. The molecule has 0 aliphatic heterocycles. The summed E-state index contributed by atoms with van der Waals surface area (Å²) in [5, 5.41) is 17.9. The van der Waals surface area contributed by atoms with E-state index in [1.54, 1.807) is 18.4 Å². The number of fused-ring (bicyclic) bond motifs is 1. The van der Waals surface area contributed by atoms with Gasteiger partial charge in [-0.3, -0.25) is 9.79 Å². The maximum Gasteiger partial charge on any atom is 0.306 e. The van der Waals surface area contributed by atoms with Crippen molar-refractivity contribution in [2.75, 3.05) is 20.1 Å². The number of esters is 1. The van der Waals surface area contributed by atoms with Crippen LogP contribution in [0.2, 0.25) is 0 Å². The van der Waals surface area contributed by atoms with Gasteiger partial charge in [-0.25, -0.2) is 0 Å². The van der Waals surface area contributed by atoms with E-state index in [0.717, 1.165) is 35.9 Å². The van der Waals surface area contributed by atoms with Crippen LogP contribution in [0.3, 0.4) is 0 Å². The second-order valence-electron chi connectivity index (χ2n) is 7.08. The molecular formula is C21H29N3O3S. The number of aliphatic imine (C=N–C) groups is 1. The molecule has 7 heteroatoms. The first-order valence-corrected chi connectivity index (χ1v) is 10.8. The largest absolute Gasteiger partial charge is 0.462 e. The van der Waals surface area contributed by atoms with E-state index >= 15 is 0 Å². The molecule has 3 rings (SSSR count). The molecule has 1 atom stereocenters. The molecular weight excluding hydrogens is 374 g/mol. The van der Waals surface area contributed by atoms with E-state index in [1.807, 2.05) is 24.3 Å². The van der Waals surface area contributed by atoms with Crippen molar-refractivity contribution in [3.8, 4) is 0 Å². The number of carbonyl (C=O) groups excluding carboxylic acids is 1. The summed E-state index contributed by atoms with van der Waals surface area (Å²) in [5.74, 6) is 0.501. The minimum atomic E-state index is -0.600. The molecule has 1 aliphatic rings. The van der Waals surface area contributed by atoms with Crippen LogP contribution < -0.4 is 10.6 Å². The Morgan fingerprint density at radius 3 is 2.86 bits per heavy atom. The average molecular weight is 404 g/mol. The fourth-order valence-corrected chi connectivity index (χ4v) is 4.42. The van der Waals surface area contributed by atoms with E-state index in [-0.39, 0.29) is 12.1 Å². The fourth-order valence-electron chi connectivity index (χ4n) is 3.37. The van der Waals surface area contributed by atoms with E-state index in [0.29, 0.717) is 31.9 Å². The minimum Gasteiger partial charge on any atom is -0.462 e. The number of rotatable bonds is 8. The summed E-state index contributed by atoms with van der Waals surface area (Å²) >= 11 is 1.60. The predicted molar refractivity (Wildman–Crippen MR) is 114 cm³/mol. The fraction of sp³-hybridized carbons (Fsp3) is 0.524. The van der Waals surface area contributed by atoms with Gasteiger partial charge in [-0.05, 0) is 49.6 Å². The molecule has 1 aromatic carbocycles. The molecule has 152 valence electrons. The van der Waals surface area contributed by atoms with Crippen LogP contribution in [0.5, 0.6) is 0 Å². The predicted octanol–water partition coefficient (Wildman–Crippen LogP) is 3.37. The Bertz CT molecular complexity index is 766. The Hall–Kier alpha value is -2.12. The lowest BCUT2D eigenvalue weighted by Crippen LogP contribution is -2.39. The van der Waals surface area contributed by atoms with Gasteiger partial charge in [-0.1, -0.05) is 18.2 Å². The zero-order valence-corrected chi connectivity index (χ0v) is 17.1. The molecule has 0 spiro atoms. The normalized spacial score (nSPS) is 16.3. The second-order valence-corrected chi connectivity index (χ2v) is 8.20. The summed E-state index contributed by atoms with van der Waals surface area (Å²) in [6.45, 7) is 0.995. The molecule has 28 heavy (non-hydrogen) atoms. The lowest BCUT2D eigenvalue weighted by atomic mass is 10.2. The number of nitrogens with one attached hydrogen (secondary N) is 2. The average Bonchev–Trinajstić information content (AvgIpc) is 3.36. The van der Waals surface area contributed by atoms with Crippen molar-refractivity contribution in [3.63, 3.8) is 0 Å². The molecule has 2 aromatic rings. The van der Waals surface area contributed by atoms with Crippen molar-refractivity contribution in [3.05, 3.63) is 35.2 Å². The third-order valence-electron chi connectivity index (χ3n) is 4.91. The number of ether oxygens (including phenoxy) is 1. The quantitative estimate of drug-likeness (QED) is 0.272. The molecule has 6 nitrogen and oxygen atoms in total. The van der Waals surface area contributed by atoms with Gasteiger partial charge in [0, 0.05) is 36.1 Å². The Kier molecular flexibility index (Phi) is 7.68. The molecule has 1 aromatic heterocycles. The standard InChI is InChI=1S/C21H29N3O3S/c1-22-21(23-12-6-11-20(26)27-16-8-3-4-9-16)24-14-17(25)19-13-15-7-2-5-10-18(15)28-19/h2,5,7,10,13,16-17,25H,3-4,6,8-9,11-12,14H2,1H3,(H2,22,23,24). The summed E-state index contributed by atoms with van der Waals surface area (Å²) in [7, 11) is 1.69. The molecule has 1 aliphatic carbocycles. The Morgan fingerprint density at radius 1 is 1.32 bits per heavy atom. The number of benzene rings is 1. The van der Waals surface area contributed by atoms with Gasteiger partial charge in [0.05, 0.1) is 0 Å². The topological polar surface area (TPSA) is 83.0 Å². The van der Waals surface area contributed by atoms with Gasteiger partial charge in [0.15, 0.2) is 5.96 Å². The van der Waals surface area contributed by atoms with Crippen LogP contribution in [0.25, 0.3) is 10.1 Å². The summed E-state index contributed by atoms with van der Waals surface area (Å²) < 4.78 is 6.62. The highest BCUT2D eigenvalue weighted by Crippen LogP contribution is 2.29. The van der Waals surface area contributed by atoms with Crippen LogP contribution in [-0.2, 0) is 9.53 Å². The van der Waals surface area contributed by atoms with Crippen LogP contribution in [0.1, 0.15) is 49.5 Å². The SMILES string of the molecule is CN=C(NCCCC(=O)OC1CCCC1)NCC(O)c1cc2ccccc2s1. The number of guanidine groups is 1. The van der Waals surface area contributed by atoms with Gasteiger partial charge in [0.25, 0.3) is 0 Å². The molecule has 0 radical (unpaired) electrons. The third-order valence-corrected chi connectivity index (χ3v) is 6.13. The first-order chi connectivity index (χ1) is 13.7. The molecule has 1 heterocycles. The molecule has 1 fully saturated rings. The number of hydrogen-bond acceptors (Lipinski definition) is 5. The summed E-state index contributed by atoms with van der Waals surface area (Å²) in [5.41, 5.74) is 0. The molecule has 3 N–H and O–H groups in total. The van der Waals surface area contributed by atoms with E-state index < -0.39 is 6.10 Å². The van der Waals surface area contributed by atoms with Gasteiger partial charge in [-0.2, -0.15) is 0 Å². The maximum absolute atomic E-state index is 11.8. The Labute approximate surface area is 170 Å². The number of nitrogens with zero attached hydrogens (tertiary/aromatic N) is 1. The van der Waals surface area contributed by atoms with Crippen molar-refractivity contribution >= 4 is 33.4 Å². The number of aliphatic hydroxyl groups excluding tert-OH is 1. The monoisotopic (exact) mass is 403 g/mol. The first-order valence-electron chi connectivity index (χ1n) is 9.96. The first kappa shape index (κ1) is 20.6. The summed E-state index contributed by atoms with van der Waals surface area (Å²) in [6.07, 6.45) is 4.95. The lowest BCUT2D eigenvalue weighted by molar-refractivity contribution is -0.148. The van der Waals surface area contributed by atoms with E-state index in [1.165, 1.54) is 4.70 Å². The van der Waals surface area contributed by atoms with Crippen LogP contribution in [0, 0.1) is 0 Å². The second kappa shape index (κ2) is 10.4. The van der Waals surface area contributed by atoms with Gasteiger partial charge < -0.3 is 20.5 Å². The Morgan fingerprint density at radius 2 is 2.11 bits per heavy atom. The zero-order valence-electron chi connectivity index (χ0n) is 16.3. The minimum absolute atomic E-state index is 0.114. The molecule has 1 unspecified atom stereocenters. The smallest absolute Gasteiger partial charge is 0.306 e. The summed E-state index contributed by atoms with van der Waals surface area (Å²) in [6, 6.07) is 10.1. The molecule has 1 saturated carbocycles. The molecule has 0 amide bonds. The maximum atomic E-state index is 11.8. The number of thiophene rings is 1. The van der Waals surface area contributed by atoms with Crippen molar-refractivity contribution in [1.29, 1.82) is 0 Å². The van der Waals surface area contributed by atoms with E-state index in [4.69, 9.17) is 4.74 Å². The van der Waals surface area contributed by atoms with Crippen LogP contribution in [-0.4, -0.2) is 43.3 Å². The highest BCUT2D eigenvalue weighted by atomic mass is 32.1. The van der Waals surface area contributed by atoms with Crippen molar-refractivity contribution < 1.29 is 14.6 Å². The number of hydrogen-bond donors (Lipinski definition) is 3. The van der Waals surface area contributed by atoms with Crippen molar-refractivity contribution in [2.45, 2.75) is 50.7 Å². The van der Waals surface area contributed by atoms with E-state index in [2.05, 4.69) is 21.7 Å². The summed E-state index contributed by atoms with van der Waals surface area (Å²) in [4.78, 5) is 16.9. The van der Waals surface area contributed by atoms with Crippen molar-refractivity contribution in [2.24, 2.45) is 4.99 Å².